The van der Waals surface area contributed by atoms with Gasteiger partial charge in [-0.15, -0.1) is 0 Å². The summed E-state index contributed by atoms with van der Waals surface area (Å²) in [6.45, 7) is 7.83. The lowest BCUT2D eigenvalue weighted by Crippen LogP contribution is -2.48. The highest BCUT2D eigenvalue weighted by Crippen LogP contribution is 2.26. The van der Waals surface area contributed by atoms with Crippen LogP contribution < -0.4 is 9.62 Å². The first-order valence-corrected chi connectivity index (χ1v) is 10.9. The molecule has 146 valence electrons. The number of anilines is 1. The van der Waals surface area contributed by atoms with Crippen molar-refractivity contribution in [1.29, 1.82) is 0 Å². The highest BCUT2D eigenvalue weighted by atomic mass is 32.2. The van der Waals surface area contributed by atoms with Gasteiger partial charge in [-0.25, -0.2) is 8.42 Å². The van der Waals surface area contributed by atoms with Gasteiger partial charge in [0.1, 0.15) is 6.04 Å². The van der Waals surface area contributed by atoms with E-state index in [-0.39, 0.29) is 11.8 Å². The van der Waals surface area contributed by atoms with Crippen molar-refractivity contribution in [3.05, 3.63) is 65.2 Å². The Balaban J connectivity index is 2.19. The molecule has 1 N–H and O–H groups in total. The maximum Gasteiger partial charge on any atom is 0.243 e. The minimum Gasteiger partial charge on any atom is -0.354 e. The molecule has 0 aliphatic rings. The van der Waals surface area contributed by atoms with Gasteiger partial charge in [0.25, 0.3) is 0 Å². The third-order valence-electron chi connectivity index (χ3n) is 4.64. The molecule has 27 heavy (non-hydrogen) atoms. The average molecular weight is 389 g/mol. The number of rotatable bonds is 7. The summed E-state index contributed by atoms with van der Waals surface area (Å²) >= 11 is 0. The van der Waals surface area contributed by atoms with E-state index in [0.29, 0.717) is 12.2 Å². The van der Waals surface area contributed by atoms with E-state index in [1.165, 1.54) is 4.31 Å². The quantitative estimate of drug-likeness (QED) is 0.791. The van der Waals surface area contributed by atoms with E-state index in [2.05, 4.69) is 5.32 Å². The molecule has 0 aromatic heterocycles. The average Bonchev–Trinajstić information content (AvgIpc) is 2.62. The fourth-order valence-electron chi connectivity index (χ4n) is 3.04. The molecule has 5 nitrogen and oxygen atoms in total. The number of hydrogen-bond acceptors (Lipinski definition) is 3. The summed E-state index contributed by atoms with van der Waals surface area (Å²) in [7, 11) is -3.62. The zero-order valence-corrected chi connectivity index (χ0v) is 17.4. The Kier molecular flexibility index (Phi) is 6.65. The van der Waals surface area contributed by atoms with Gasteiger partial charge in [-0.1, -0.05) is 49.4 Å². The van der Waals surface area contributed by atoms with Crippen LogP contribution in [-0.4, -0.2) is 33.2 Å². The molecule has 0 saturated carbocycles. The summed E-state index contributed by atoms with van der Waals surface area (Å²) in [5.74, 6) is -0.182. The second kappa shape index (κ2) is 8.57. The summed E-state index contributed by atoms with van der Waals surface area (Å²) < 4.78 is 26.1. The molecule has 0 spiro atoms. The van der Waals surface area contributed by atoms with E-state index in [1.54, 1.807) is 13.0 Å². The Bertz CT molecular complexity index is 895. The lowest BCUT2D eigenvalue weighted by atomic mass is 10.0. The fraction of sp³-hybridized carbons (Fsp3) is 0.381. The molecule has 0 fully saturated rings. The second-order valence-corrected chi connectivity index (χ2v) is 8.94. The van der Waals surface area contributed by atoms with Gasteiger partial charge in [0, 0.05) is 6.54 Å². The van der Waals surface area contributed by atoms with Gasteiger partial charge in [0.05, 0.1) is 11.9 Å². The molecule has 0 aliphatic carbocycles. The van der Waals surface area contributed by atoms with Crippen molar-refractivity contribution in [2.24, 2.45) is 0 Å². The van der Waals surface area contributed by atoms with Crippen LogP contribution in [0.25, 0.3) is 0 Å². The van der Waals surface area contributed by atoms with E-state index in [4.69, 9.17) is 0 Å². The van der Waals surface area contributed by atoms with Crippen molar-refractivity contribution in [1.82, 2.24) is 5.32 Å². The molecule has 2 atom stereocenters. The van der Waals surface area contributed by atoms with Gasteiger partial charge >= 0.3 is 0 Å². The number of carbonyl (C=O) groups excluding carboxylic acids is 1. The number of hydrogen-bond donors (Lipinski definition) is 1. The van der Waals surface area contributed by atoms with E-state index in [0.717, 1.165) is 22.9 Å². The largest absolute Gasteiger partial charge is 0.354 e. The SMILES string of the molecule is Cc1ccc(C)c(N([C@H](C)C(=O)NC[C@H](C)c2ccccc2)S(C)(=O)=O)c1. The highest BCUT2D eigenvalue weighted by Gasteiger charge is 2.30. The van der Waals surface area contributed by atoms with E-state index >= 15 is 0 Å². The first kappa shape index (κ1) is 21.0. The monoisotopic (exact) mass is 388 g/mol. The van der Waals surface area contributed by atoms with Gasteiger partial charge in [-0.3, -0.25) is 9.10 Å². The van der Waals surface area contributed by atoms with Crippen molar-refractivity contribution in [2.75, 3.05) is 17.1 Å². The molecule has 1 amide bonds. The summed E-state index contributed by atoms with van der Waals surface area (Å²) in [5, 5.41) is 2.89. The summed E-state index contributed by atoms with van der Waals surface area (Å²) in [6.07, 6.45) is 1.13. The van der Waals surface area contributed by atoms with Gasteiger partial charge in [-0.05, 0) is 49.4 Å². The topological polar surface area (TPSA) is 66.5 Å². The second-order valence-electron chi connectivity index (χ2n) is 7.08. The maximum absolute atomic E-state index is 12.7. The number of carbonyl (C=O) groups is 1. The summed E-state index contributed by atoms with van der Waals surface area (Å²) in [5.41, 5.74) is 3.41. The number of amides is 1. The molecule has 6 heteroatoms. The molecule has 2 rings (SSSR count). The van der Waals surface area contributed by atoms with Crippen LogP contribution in [0, 0.1) is 13.8 Å². The van der Waals surface area contributed by atoms with E-state index in [1.807, 2.05) is 63.2 Å². The smallest absolute Gasteiger partial charge is 0.243 e. The molecule has 2 aromatic carbocycles. The third kappa shape index (κ3) is 5.32. The molecular weight excluding hydrogens is 360 g/mol. The predicted molar refractivity (Wildman–Crippen MR) is 111 cm³/mol. The number of nitrogens with zero attached hydrogens (tertiary/aromatic N) is 1. The Morgan fingerprint density at radius 3 is 2.30 bits per heavy atom. The normalized spacial score (nSPS) is 13.7. The zero-order valence-electron chi connectivity index (χ0n) is 16.6. The first-order chi connectivity index (χ1) is 12.6. The Labute approximate surface area is 162 Å². The molecule has 0 radical (unpaired) electrons. The molecule has 0 aliphatic heterocycles. The van der Waals surface area contributed by atoms with E-state index < -0.39 is 16.1 Å². The highest BCUT2D eigenvalue weighted by molar-refractivity contribution is 7.92. The lowest BCUT2D eigenvalue weighted by molar-refractivity contribution is -0.121. The molecule has 0 saturated heterocycles. The van der Waals surface area contributed by atoms with Crippen LogP contribution in [0.3, 0.4) is 0 Å². The van der Waals surface area contributed by atoms with Crippen LogP contribution >= 0.6 is 0 Å². The third-order valence-corrected chi connectivity index (χ3v) is 5.87. The van der Waals surface area contributed by atoms with Crippen LogP contribution in [0.1, 0.15) is 36.5 Å². The number of aryl methyl sites for hydroxylation is 2. The van der Waals surface area contributed by atoms with Crippen LogP contribution in [0.2, 0.25) is 0 Å². The number of nitrogens with one attached hydrogen (secondary N) is 1. The standard InChI is InChI=1S/C21H28N2O3S/c1-15-11-12-16(2)20(13-15)23(27(5,25)26)18(4)21(24)22-14-17(3)19-9-7-6-8-10-19/h6-13,17-18H,14H2,1-5H3,(H,22,24)/t17-,18+/m0/s1. The summed E-state index contributed by atoms with van der Waals surface area (Å²) in [4.78, 5) is 12.7. The van der Waals surface area contributed by atoms with Crippen molar-refractivity contribution in [3.63, 3.8) is 0 Å². The van der Waals surface area contributed by atoms with Crippen molar-refractivity contribution < 1.29 is 13.2 Å². The van der Waals surface area contributed by atoms with Crippen LogP contribution in [0.15, 0.2) is 48.5 Å². The minimum atomic E-state index is -3.62. The maximum atomic E-state index is 12.7. The minimum absolute atomic E-state index is 0.134. The van der Waals surface area contributed by atoms with Crippen LogP contribution in [0.4, 0.5) is 5.69 Å². The Hall–Kier alpha value is -2.34. The summed E-state index contributed by atoms with van der Waals surface area (Å²) in [6, 6.07) is 14.6. The van der Waals surface area contributed by atoms with Gasteiger partial charge in [-0.2, -0.15) is 0 Å². The zero-order chi connectivity index (χ0) is 20.2. The molecule has 2 aromatic rings. The molecule has 0 heterocycles. The lowest BCUT2D eigenvalue weighted by Gasteiger charge is -2.30. The van der Waals surface area contributed by atoms with Crippen LogP contribution in [-0.2, 0) is 14.8 Å². The first-order valence-electron chi connectivity index (χ1n) is 9.00. The predicted octanol–water partition coefficient (Wildman–Crippen LogP) is 3.38. The number of sulfonamides is 1. The number of benzene rings is 2. The van der Waals surface area contributed by atoms with Crippen molar-refractivity contribution >= 4 is 21.6 Å². The van der Waals surface area contributed by atoms with E-state index in [9.17, 15) is 13.2 Å². The fourth-order valence-corrected chi connectivity index (χ4v) is 4.26. The van der Waals surface area contributed by atoms with Gasteiger partial charge in [0.2, 0.25) is 15.9 Å². The van der Waals surface area contributed by atoms with Crippen molar-refractivity contribution in [3.8, 4) is 0 Å². The molecular formula is C21H28N2O3S. The van der Waals surface area contributed by atoms with Gasteiger partial charge in [0.15, 0.2) is 0 Å². The van der Waals surface area contributed by atoms with Crippen LogP contribution in [0.5, 0.6) is 0 Å². The van der Waals surface area contributed by atoms with Crippen molar-refractivity contribution in [2.45, 2.75) is 39.7 Å². The van der Waals surface area contributed by atoms with Gasteiger partial charge < -0.3 is 5.32 Å². The Morgan fingerprint density at radius 1 is 1.07 bits per heavy atom. The molecule has 0 bridgehead atoms. The Morgan fingerprint density at radius 2 is 1.70 bits per heavy atom. The molecule has 0 unspecified atom stereocenters.